The summed E-state index contributed by atoms with van der Waals surface area (Å²) in [7, 11) is 0. The van der Waals surface area contributed by atoms with Gasteiger partial charge in [0.15, 0.2) is 0 Å². The first kappa shape index (κ1) is 20.4. The summed E-state index contributed by atoms with van der Waals surface area (Å²) in [6.07, 6.45) is -0.323. The van der Waals surface area contributed by atoms with E-state index >= 15 is 0 Å². The van der Waals surface area contributed by atoms with E-state index in [0.29, 0.717) is 18.8 Å². The van der Waals surface area contributed by atoms with Crippen LogP contribution in [0.15, 0.2) is 65.6 Å². The second-order valence-electron chi connectivity index (χ2n) is 6.90. The Balaban J connectivity index is 1.87. The van der Waals surface area contributed by atoms with Gasteiger partial charge in [0.05, 0.1) is 13.2 Å². The van der Waals surface area contributed by atoms with E-state index in [2.05, 4.69) is 62.0 Å². The van der Waals surface area contributed by atoms with Gasteiger partial charge in [0.25, 0.3) is 0 Å². The zero-order valence-electron chi connectivity index (χ0n) is 16.7. The van der Waals surface area contributed by atoms with Crippen LogP contribution in [0.4, 0.5) is 0 Å². The second-order valence-corrected chi connectivity index (χ2v) is 8.24. The van der Waals surface area contributed by atoms with Gasteiger partial charge in [-0.25, -0.2) is 4.79 Å². The first-order valence-electron chi connectivity index (χ1n) is 9.51. The lowest BCUT2D eigenvalue weighted by molar-refractivity contribution is -0.146. The molecule has 0 saturated heterocycles. The van der Waals surface area contributed by atoms with Crippen molar-refractivity contribution in [3.63, 3.8) is 0 Å². The van der Waals surface area contributed by atoms with Gasteiger partial charge >= 0.3 is 5.97 Å². The first-order chi connectivity index (χ1) is 13.5. The van der Waals surface area contributed by atoms with E-state index in [1.807, 2.05) is 18.7 Å². The van der Waals surface area contributed by atoms with Crippen molar-refractivity contribution in [2.24, 2.45) is 0 Å². The number of thioether (sulfide) groups is 1. The summed E-state index contributed by atoms with van der Waals surface area (Å²) < 4.78 is 11.3. The van der Waals surface area contributed by atoms with Crippen LogP contribution < -0.4 is 0 Å². The lowest BCUT2D eigenvalue weighted by atomic mass is 9.97. The smallest absolute Gasteiger partial charge is 0.333 e. The maximum Gasteiger partial charge on any atom is 0.333 e. The fourth-order valence-electron chi connectivity index (χ4n) is 3.19. The summed E-state index contributed by atoms with van der Waals surface area (Å²) in [5.41, 5.74) is 1.57. The molecule has 3 rings (SSSR count). The molecule has 0 radical (unpaired) electrons. The summed E-state index contributed by atoms with van der Waals surface area (Å²) in [4.78, 5) is 12.9. The third-order valence-electron chi connectivity index (χ3n) is 4.51. The van der Waals surface area contributed by atoms with Gasteiger partial charge in [-0.3, -0.25) is 0 Å². The molecule has 0 aliphatic rings. The number of carbonyl (C=O) groups excluding carboxylic acids is 1. The largest absolute Gasteiger partial charge is 0.457 e. The Morgan fingerprint density at radius 3 is 2.61 bits per heavy atom. The van der Waals surface area contributed by atoms with E-state index in [9.17, 15) is 4.79 Å². The minimum atomic E-state index is -0.382. The molecule has 146 valence electrons. The van der Waals surface area contributed by atoms with E-state index in [0.717, 1.165) is 5.75 Å². The van der Waals surface area contributed by atoms with Crippen molar-refractivity contribution in [3.05, 3.63) is 66.2 Å². The Morgan fingerprint density at radius 2 is 1.86 bits per heavy atom. The lowest BCUT2D eigenvalue weighted by Crippen LogP contribution is -2.20. The molecular formula is C24H26O3S. The second kappa shape index (κ2) is 9.26. The summed E-state index contributed by atoms with van der Waals surface area (Å²) >= 11 is 1.84. The highest BCUT2D eigenvalue weighted by atomic mass is 32.2. The van der Waals surface area contributed by atoms with Crippen LogP contribution in [-0.2, 0) is 20.9 Å². The van der Waals surface area contributed by atoms with Gasteiger partial charge in [-0.05, 0) is 64.9 Å². The van der Waals surface area contributed by atoms with Gasteiger partial charge in [0.1, 0.15) is 6.10 Å². The van der Waals surface area contributed by atoms with Crippen molar-refractivity contribution in [2.45, 2.75) is 38.4 Å². The molecule has 0 aliphatic heterocycles. The predicted molar refractivity (Wildman–Crippen MR) is 118 cm³/mol. The van der Waals surface area contributed by atoms with E-state index in [-0.39, 0.29) is 12.1 Å². The zero-order chi connectivity index (χ0) is 20.1. The number of carbonyl (C=O) groups is 1. The van der Waals surface area contributed by atoms with Gasteiger partial charge in [0.2, 0.25) is 0 Å². The van der Waals surface area contributed by atoms with Gasteiger partial charge in [-0.15, -0.1) is 11.8 Å². The first-order valence-corrected chi connectivity index (χ1v) is 10.5. The minimum absolute atomic E-state index is 0.323. The average molecular weight is 395 g/mol. The van der Waals surface area contributed by atoms with Crippen molar-refractivity contribution < 1.29 is 14.3 Å². The van der Waals surface area contributed by atoms with Crippen LogP contribution in [0.25, 0.3) is 21.5 Å². The third kappa shape index (κ3) is 4.75. The fourth-order valence-corrected chi connectivity index (χ4v) is 3.89. The van der Waals surface area contributed by atoms with Crippen LogP contribution in [0.1, 0.15) is 26.3 Å². The molecule has 28 heavy (non-hydrogen) atoms. The molecule has 0 bridgehead atoms. The van der Waals surface area contributed by atoms with Gasteiger partial charge in [-0.2, -0.15) is 0 Å². The molecule has 1 atom stereocenters. The molecule has 3 nitrogen and oxygen atoms in total. The Bertz CT molecular complexity index is 1010. The minimum Gasteiger partial charge on any atom is -0.457 e. The maximum atomic E-state index is 11.7. The number of esters is 1. The maximum absolute atomic E-state index is 11.7. The molecule has 0 saturated carbocycles. The van der Waals surface area contributed by atoms with Gasteiger partial charge in [-0.1, -0.05) is 43.8 Å². The number of hydrogen-bond donors (Lipinski definition) is 0. The molecule has 4 heteroatoms. The monoisotopic (exact) mass is 394 g/mol. The molecule has 0 amide bonds. The lowest BCUT2D eigenvalue weighted by Gasteiger charge is -2.16. The number of rotatable bonds is 8. The number of hydrogen-bond acceptors (Lipinski definition) is 4. The highest BCUT2D eigenvalue weighted by molar-refractivity contribution is 7.99. The van der Waals surface area contributed by atoms with E-state index in [4.69, 9.17) is 9.47 Å². The molecule has 0 spiro atoms. The topological polar surface area (TPSA) is 35.5 Å². The summed E-state index contributed by atoms with van der Waals surface area (Å²) in [5, 5.41) is 4.81. The van der Waals surface area contributed by atoms with E-state index in [1.165, 1.54) is 32.0 Å². The quantitative estimate of drug-likeness (QED) is 0.199. The standard InChI is InChI=1S/C24H26O3S/c1-5-28-20-11-10-19-12-18-8-6-7-9-21(18)23(22(19)13-20)15-26-14-17(4)27-24(25)16(2)3/h6-13,17H,2,5,14-15H2,1,3-4H3. The van der Waals surface area contributed by atoms with Crippen molar-refractivity contribution in [1.82, 2.24) is 0 Å². The zero-order valence-corrected chi connectivity index (χ0v) is 17.5. The van der Waals surface area contributed by atoms with Crippen molar-refractivity contribution in [2.75, 3.05) is 12.4 Å². The molecule has 0 aliphatic carbocycles. The van der Waals surface area contributed by atoms with Crippen LogP contribution in [0.2, 0.25) is 0 Å². The Hall–Kier alpha value is -2.30. The summed E-state index contributed by atoms with van der Waals surface area (Å²) in [6, 6.07) is 17.2. The molecule has 3 aromatic carbocycles. The number of ether oxygens (including phenoxy) is 2. The highest BCUT2D eigenvalue weighted by Gasteiger charge is 2.12. The Kier molecular flexibility index (Phi) is 6.76. The van der Waals surface area contributed by atoms with Crippen molar-refractivity contribution >= 4 is 39.3 Å². The summed E-state index contributed by atoms with van der Waals surface area (Å²) in [6.45, 7) is 10.0. The molecule has 0 N–H and O–H groups in total. The van der Waals surface area contributed by atoms with Crippen LogP contribution >= 0.6 is 11.8 Å². The molecule has 3 aromatic rings. The Morgan fingerprint density at radius 1 is 1.11 bits per heavy atom. The van der Waals surface area contributed by atoms with Crippen molar-refractivity contribution in [3.8, 4) is 0 Å². The van der Waals surface area contributed by atoms with E-state index < -0.39 is 0 Å². The van der Waals surface area contributed by atoms with Crippen molar-refractivity contribution in [1.29, 1.82) is 0 Å². The number of fused-ring (bicyclic) bond motifs is 2. The average Bonchev–Trinajstić information content (AvgIpc) is 2.67. The van der Waals surface area contributed by atoms with Crippen LogP contribution in [0.5, 0.6) is 0 Å². The highest BCUT2D eigenvalue weighted by Crippen LogP contribution is 2.32. The molecule has 0 fully saturated rings. The SMILES string of the molecule is C=C(C)C(=O)OC(C)COCc1c2ccccc2cc2ccc(SCC)cc12. The fraction of sp³-hybridized carbons (Fsp3) is 0.292. The predicted octanol–water partition coefficient (Wildman–Crippen LogP) is 6.13. The van der Waals surface area contributed by atoms with E-state index in [1.54, 1.807) is 6.92 Å². The van der Waals surface area contributed by atoms with Crippen LogP contribution in [0.3, 0.4) is 0 Å². The van der Waals surface area contributed by atoms with Crippen LogP contribution in [0, 0.1) is 0 Å². The van der Waals surface area contributed by atoms with Gasteiger partial charge < -0.3 is 9.47 Å². The molecule has 0 heterocycles. The normalized spacial score (nSPS) is 12.2. The molecule has 0 aromatic heterocycles. The number of benzene rings is 3. The van der Waals surface area contributed by atoms with Gasteiger partial charge in [0, 0.05) is 10.5 Å². The van der Waals surface area contributed by atoms with Crippen LogP contribution in [-0.4, -0.2) is 24.4 Å². The third-order valence-corrected chi connectivity index (χ3v) is 5.39. The molecule has 1 unspecified atom stereocenters. The summed E-state index contributed by atoms with van der Waals surface area (Å²) in [5.74, 6) is 0.657. The Labute approximate surface area is 170 Å². The molecular weight excluding hydrogens is 368 g/mol.